The van der Waals surface area contributed by atoms with Crippen LogP contribution in [0, 0.1) is 5.82 Å². The zero-order valence-electron chi connectivity index (χ0n) is 17.2. The van der Waals surface area contributed by atoms with Crippen LogP contribution in [0.2, 0.25) is 0 Å². The highest BCUT2D eigenvalue weighted by Gasteiger charge is 2.28. The van der Waals surface area contributed by atoms with E-state index in [-0.39, 0.29) is 10.7 Å². The number of halogens is 1. The Morgan fingerprint density at radius 2 is 1.69 bits per heavy atom. The van der Waals surface area contributed by atoms with Gasteiger partial charge in [0, 0.05) is 53.7 Å². The maximum atomic E-state index is 14.0. The molecule has 0 unspecified atom stereocenters. The first kappa shape index (κ1) is 22.4. The summed E-state index contributed by atoms with van der Waals surface area (Å²) in [5.74, 6) is -0.238. The van der Waals surface area contributed by atoms with Crippen molar-refractivity contribution in [3.63, 3.8) is 0 Å². The van der Waals surface area contributed by atoms with Crippen molar-refractivity contribution in [1.29, 1.82) is 0 Å². The molecule has 7 nitrogen and oxygen atoms in total. The number of nitrogens with one attached hydrogen (secondary N) is 1. The number of rotatable bonds is 6. The van der Waals surface area contributed by atoms with Crippen LogP contribution in [0.1, 0.15) is 4.88 Å². The average Bonchev–Trinajstić information content (AvgIpc) is 3.22. The van der Waals surface area contributed by atoms with E-state index in [0.717, 1.165) is 9.75 Å². The van der Waals surface area contributed by atoms with Gasteiger partial charge in [-0.1, -0.05) is 18.2 Å². The summed E-state index contributed by atoms with van der Waals surface area (Å²) in [4.78, 5) is 15.3. The Labute approximate surface area is 190 Å². The molecule has 1 saturated heterocycles. The Morgan fingerprint density at radius 3 is 2.34 bits per heavy atom. The number of amides is 2. The number of nitrogens with zero attached hydrogens (tertiary/aromatic N) is 2. The smallest absolute Gasteiger partial charge is 0.316 e. The van der Waals surface area contributed by atoms with Crippen molar-refractivity contribution in [2.24, 2.45) is 5.73 Å². The molecule has 4 rings (SSSR count). The lowest BCUT2D eigenvalue weighted by atomic mass is 10.2. The zero-order valence-corrected chi connectivity index (χ0v) is 18.8. The van der Waals surface area contributed by atoms with E-state index in [9.17, 15) is 17.6 Å². The number of primary amides is 1. The van der Waals surface area contributed by atoms with Gasteiger partial charge < -0.3 is 11.1 Å². The van der Waals surface area contributed by atoms with E-state index in [1.165, 1.54) is 34.6 Å². The molecule has 0 atom stereocenters. The highest BCUT2D eigenvalue weighted by Crippen LogP contribution is 2.31. The van der Waals surface area contributed by atoms with E-state index in [1.807, 2.05) is 18.2 Å². The van der Waals surface area contributed by atoms with Gasteiger partial charge in [-0.15, -0.1) is 11.3 Å². The largest absolute Gasteiger partial charge is 0.351 e. The number of hydrogen-bond donors (Lipinski definition) is 2. The van der Waals surface area contributed by atoms with Crippen LogP contribution in [0.5, 0.6) is 0 Å². The van der Waals surface area contributed by atoms with Gasteiger partial charge in [-0.25, -0.2) is 17.6 Å². The minimum absolute atomic E-state index is 0.175. The third-order valence-corrected chi connectivity index (χ3v) is 8.29. The van der Waals surface area contributed by atoms with Gasteiger partial charge in [0.1, 0.15) is 5.82 Å². The maximum Gasteiger partial charge on any atom is 0.316 e. The predicted molar refractivity (Wildman–Crippen MR) is 123 cm³/mol. The Balaban J connectivity index is 1.36. The van der Waals surface area contributed by atoms with E-state index in [0.29, 0.717) is 44.0 Å². The molecule has 0 aliphatic carbocycles. The van der Waals surface area contributed by atoms with Crippen LogP contribution in [-0.2, 0) is 16.6 Å². The van der Waals surface area contributed by atoms with E-state index in [2.05, 4.69) is 10.2 Å². The Hall–Kier alpha value is -2.79. The molecule has 1 aliphatic heterocycles. The molecule has 1 fully saturated rings. The molecule has 2 heterocycles. The summed E-state index contributed by atoms with van der Waals surface area (Å²) in [5, 5.41) is 2.41. The molecule has 32 heavy (non-hydrogen) atoms. The normalized spacial score (nSPS) is 15.5. The summed E-state index contributed by atoms with van der Waals surface area (Å²) in [5.41, 5.74) is 6.11. The van der Waals surface area contributed by atoms with Crippen molar-refractivity contribution < 1.29 is 17.6 Å². The molecule has 1 aliphatic rings. The third kappa shape index (κ3) is 4.99. The topological polar surface area (TPSA) is 95.7 Å². The molecule has 168 valence electrons. The second-order valence-electron chi connectivity index (χ2n) is 7.44. The monoisotopic (exact) mass is 474 g/mol. The fourth-order valence-corrected chi connectivity index (χ4v) is 6.12. The van der Waals surface area contributed by atoms with Gasteiger partial charge in [0.25, 0.3) is 0 Å². The number of piperazine rings is 1. The van der Waals surface area contributed by atoms with Crippen LogP contribution in [0.15, 0.2) is 65.6 Å². The van der Waals surface area contributed by atoms with Gasteiger partial charge in [0.2, 0.25) is 10.0 Å². The standard InChI is InChI=1S/C22H23FN4O3S2/c23-20-4-2-1-3-19(20)21-10-7-17(31-21)15-26-11-13-27(14-12-26)32(29,30)18-8-5-16(6-9-18)25-22(24)28/h1-10H,11-15H2,(H3,24,25,28). The van der Waals surface area contributed by atoms with Crippen LogP contribution in [-0.4, -0.2) is 49.8 Å². The molecule has 0 saturated carbocycles. The molecule has 3 N–H and O–H groups in total. The van der Waals surface area contributed by atoms with Crippen molar-refractivity contribution in [3.05, 3.63) is 71.4 Å². The average molecular weight is 475 g/mol. The van der Waals surface area contributed by atoms with Crippen LogP contribution in [0.4, 0.5) is 14.9 Å². The number of carbonyl (C=O) groups excluding carboxylic acids is 1. The SMILES string of the molecule is NC(=O)Nc1ccc(S(=O)(=O)N2CCN(Cc3ccc(-c4ccccc4F)s3)CC2)cc1. The lowest BCUT2D eigenvalue weighted by molar-refractivity contribution is 0.183. The fourth-order valence-electron chi connectivity index (χ4n) is 3.62. The maximum absolute atomic E-state index is 14.0. The van der Waals surface area contributed by atoms with Crippen LogP contribution in [0.3, 0.4) is 0 Å². The number of nitrogens with two attached hydrogens (primary N) is 1. The quantitative estimate of drug-likeness (QED) is 0.571. The van der Waals surface area contributed by atoms with E-state index < -0.39 is 16.1 Å². The molecular weight excluding hydrogens is 451 g/mol. The van der Waals surface area contributed by atoms with Gasteiger partial charge in [0.05, 0.1) is 4.90 Å². The van der Waals surface area contributed by atoms with E-state index in [4.69, 9.17) is 5.73 Å². The zero-order chi connectivity index (χ0) is 22.7. The summed E-state index contributed by atoms with van der Waals surface area (Å²) in [6.07, 6.45) is 0. The number of sulfonamides is 1. The summed E-state index contributed by atoms with van der Waals surface area (Å²) in [7, 11) is -3.62. The van der Waals surface area contributed by atoms with Crippen LogP contribution < -0.4 is 11.1 Å². The van der Waals surface area contributed by atoms with Crippen molar-refractivity contribution >= 4 is 33.1 Å². The molecule has 0 spiro atoms. The Morgan fingerprint density at radius 1 is 1.00 bits per heavy atom. The lowest BCUT2D eigenvalue weighted by Gasteiger charge is -2.33. The number of thiophene rings is 1. The highest BCUT2D eigenvalue weighted by molar-refractivity contribution is 7.89. The number of benzene rings is 2. The molecule has 1 aromatic heterocycles. The third-order valence-electron chi connectivity index (χ3n) is 5.27. The molecule has 0 radical (unpaired) electrons. The fraction of sp³-hybridized carbons (Fsp3) is 0.227. The lowest BCUT2D eigenvalue weighted by Crippen LogP contribution is -2.48. The van der Waals surface area contributed by atoms with Crippen molar-refractivity contribution in [1.82, 2.24) is 9.21 Å². The Kier molecular flexibility index (Phi) is 6.56. The van der Waals surface area contributed by atoms with Crippen molar-refractivity contribution in [2.75, 3.05) is 31.5 Å². The second-order valence-corrected chi connectivity index (χ2v) is 10.5. The first-order chi connectivity index (χ1) is 15.3. The number of anilines is 1. The molecule has 2 aromatic carbocycles. The van der Waals surface area contributed by atoms with Gasteiger partial charge >= 0.3 is 6.03 Å². The first-order valence-electron chi connectivity index (χ1n) is 10.1. The van der Waals surface area contributed by atoms with Gasteiger partial charge in [-0.3, -0.25) is 4.90 Å². The van der Waals surface area contributed by atoms with Gasteiger partial charge in [0.15, 0.2) is 0 Å². The minimum atomic E-state index is -3.62. The number of hydrogen-bond acceptors (Lipinski definition) is 5. The summed E-state index contributed by atoms with van der Waals surface area (Å²) >= 11 is 1.55. The molecule has 0 bridgehead atoms. The second kappa shape index (κ2) is 9.37. The Bertz CT molecular complexity index is 1200. The molecular formula is C22H23FN4O3S2. The van der Waals surface area contributed by atoms with Crippen LogP contribution >= 0.6 is 11.3 Å². The molecule has 3 aromatic rings. The van der Waals surface area contributed by atoms with Crippen LogP contribution in [0.25, 0.3) is 10.4 Å². The van der Waals surface area contributed by atoms with E-state index >= 15 is 0 Å². The van der Waals surface area contributed by atoms with Gasteiger partial charge in [-0.2, -0.15) is 4.31 Å². The summed E-state index contributed by atoms with van der Waals surface area (Å²) in [6.45, 7) is 2.67. The van der Waals surface area contributed by atoms with E-state index in [1.54, 1.807) is 23.5 Å². The van der Waals surface area contributed by atoms with Gasteiger partial charge in [-0.05, 0) is 42.5 Å². The number of carbonyl (C=O) groups is 1. The van der Waals surface area contributed by atoms with Crippen molar-refractivity contribution in [2.45, 2.75) is 11.4 Å². The highest BCUT2D eigenvalue weighted by atomic mass is 32.2. The summed E-state index contributed by atoms with van der Waals surface area (Å²) < 4.78 is 41.4. The first-order valence-corrected chi connectivity index (χ1v) is 12.3. The molecule has 2 amide bonds. The summed E-state index contributed by atoms with van der Waals surface area (Å²) in [6, 6.07) is 15.9. The molecule has 10 heteroatoms. The predicted octanol–water partition coefficient (Wildman–Crippen LogP) is 3.55. The van der Waals surface area contributed by atoms with Crippen molar-refractivity contribution in [3.8, 4) is 10.4 Å². The number of urea groups is 1. The minimum Gasteiger partial charge on any atom is -0.351 e.